The van der Waals surface area contributed by atoms with Gasteiger partial charge in [0.25, 0.3) is 0 Å². The highest BCUT2D eigenvalue weighted by Gasteiger charge is 2.22. The maximum Gasteiger partial charge on any atom is 0.248 e. The number of anilines is 2. The third kappa shape index (κ3) is 3.40. The largest absolute Gasteiger partial charge is 0.375 e. The molecule has 0 bridgehead atoms. The van der Waals surface area contributed by atoms with Gasteiger partial charge in [0.1, 0.15) is 6.61 Å². The topological polar surface area (TPSA) is 36.0 Å². The molecule has 136 valence electrons. The molecule has 26 heavy (non-hydrogen) atoms. The molecular formula is C21H25N3O2. The second kappa shape index (κ2) is 7.38. The van der Waals surface area contributed by atoms with E-state index < -0.39 is 0 Å². The molecular weight excluding hydrogens is 326 g/mol. The molecule has 0 N–H and O–H groups in total. The minimum absolute atomic E-state index is 0.0797. The second-order valence-electron chi connectivity index (χ2n) is 6.94. The highest BCUT2D eigenvalue weighted by molar-refractivity contribution is 5.77. The van der Waals surface area contributed by atoms with E-state index in [1.807, 2.05) is 4.90 Å². The number of amides is 1. The van der Waals surface area contributed by atoms with E-state index in [4.69, 9.17) is 4.74 Å². The second-order valence-corrected chi connectivity index (χ2v) is 6.94. The lowest BCUT2D eigenvalue weighted by molar-refractivity contribution is -0.135. The summed E-state index contributed by atoms with van der Waals surface area (Å²) < 4.78 is 4.94. The van der Waals surface area contributed by atoms with Crippen molar-refractivity contribution in [3.8, 4) is 0 Å². The lowest BCUT2D eigenvalue weighted by Crippen LogP contribution is -2.49. The van der Waals surface area contributed by atoms with E-state index in [0.29, 0.717) is 0 Å². The average Bonchev–Trinajstić information content (AvgIpc) is 3.13. The molecule has 0 radical (unpaired) electrons. The first-order valence-corrected chi connectivity index (χ1v) is 9.18. The molecule has 5 heteroatoms. The maximum atomic E-state index is 11.9. The van der Waals surface area contributed by atoms with Crippen molar-refractivity contribution in [3.05, 3.63) is 59.7 Å². The van der Waals surface area contributed by atoms with Crippen LogP contribution in [0.1, 0.15) is 11.1 Å². The van der Waals surface area contributed by atoms with Gasteiger partial charge in [0, 0.05) is 57.8 Å². The summed E-state index contributed by atoms with van der Waals surface area (Å²) in [5.41, 5.74) is 5.34. The molecule has 1 saturated heterocycles. The first-order valence-electron chi connectivity index (χ1n) is 9.18. The quantitative estimate of drug-likeness (QED) is 0.848. The fraction of sp³-hybridized carbons (Fsp3) is 0.381. The third-order valence-electron chi connectivity index (χ3n) is 5.32. The van der Waals surface area contributed by atoms with Gasteiger partial charge in [-0.25, -0.2) is 0 Å². The van der Waals surface area contributed by atoms with Gasteiger partial charge in [-0.15, -0.1) is 0 Å². The number of methoxy groups -OCH3 is 1. The number of rotatable bonds is 4. The number of piperazine rings is 1. The molecule has 2 aromatic carbocycles. The lowest BCUT2D eigenvalue weighted by Gasteiger charge is -2.36. The van der Waals surface area contributed by atoms with Gasteiger partial charge in [0.05, 0.1) is 0 Å². The highest BCUT2D eigenvalue weighted by Crippen LogP contribution is 2.29. The van der Waals surface area contributed by atoms with Crippen LogP contribution in [-0.2, 0) is 22.6 Å². The van der Waals surface area contributed by atoms with E-state index in [1.165, 1.54) is 22.5 Å². The third-order valence-corrected chi connectivity index (χ3v) is 5.32. The number of fused-ring (bicyclic) bond motifs is 1. The molecule has 0 atom stereocenters. The molecule has 4 rings (SSSR count). The van der Waals surface area contributed by atoms with Gasteiger partial charge in [-0.1, -0.05) is 24.3 Å². The van der Waals surface area contributed by atoms with Crippen LogP contribution in [-0.4, -0.2) is 50.7 Å². The summed E-state index contributed by atoms with van der Waals surface area (Å²) in [6.07, 6.45) is 0. The van der Waals surface area contributed by atoms with E-state index in [9.17, 15) is 4.79 Å². The van der Waals surface area contributed by atoms with E-state index in [2.05, 4.69) is 58.3 Å². The van der Waals surface area contributed by atoms with Gasteiger partial charge in [-0.2, -0.15) is 0 Å². The van der Waals surface area contributed by atoms with E-state index in [1.54, 1.807) is 7.11 Å². The van der Waals surface area contributed by atoms with Crippen molar-refractivity contribution < 1.29 is 9.53 Å². The normalized spacial score (nSPS) is 16.7. The summed E-state index contributed by atoms with van der Waals surface area (Å²) >= 11 is 0. The van der Waals surface area contributed by atoms with Crippen molar-refractivity contribution in [2.45, 2.75) is 13.1 Å². The predicted octanol–water partition coefficient (Wildman–Crippen LogP) is 2.50. The fourth-order valence-corrected chi connectivity index (χ4v) is 3.82. The molecule has 2 heterocycles. The lowest BCUT2D eigenvalue weighted by atomic mass is 10.1. The summed E-state index contributed by atoms with van der Waals surface area (Å²) in [5.74, 6) is 0.0797. The predicted molar refractivity (Wildman–Crippen MR) is 103 cm³/mol. The first kappa shape index (κ1) is 16.9. The molecule has 2 aliphatic heterocycles. The van der Waals surface area contributed by atoms with Crippen LogP contribution < -0.4 is 9.80 Å². The molecule has 0 aliphatic carbocycles. The number of carbonyl (C=O) groups is 1. The summed E-state index contributed by atoms with van der Waals surface area (Å²) in [4.78, 5) is 18.5. The van der Waals surface area contributed by atoms with E-state index in [0.717, 1.165) is 39.3 Å². The Morgan fingerprint density at radius 1 is 0.846 bits per heavy atom. The average molecular weight is 351 g/mol. The van der Waals surface area contributed by atoms with Gasteiger partial charge >= 0.3 is 0 Å². The number of ether oxygens (including phenoxy) is 1. The Labute approximate surface area is 154 Å². The fourth-order valence-electron chi connectivity index (χ4n) is 3.82. The van der Waals surface area contributed by atoms with Crippen LogP contribution in [0.3, 0.4) is 0 Å². The van der Waals surface area contributed by atoms with Crippen LogP contribution in [0.15, 0.2) is 48.5 Å². The minimum Gasteiger partial charge on any atom is -0.375 e. The summed E-state index contributed by atoms with van der Waals surface area (Å²) in [7, 11) is 1.56. The summed E-state index contributed by atoms with van der Waals surface area (Å²) in [5, 5.41) is 0. The first-order chi connectivity index (χ1) is 12.7. The summed E-state index contributed by atoms with van der Waals surface area (Å²) in [6, 6.07) is 17.5. The Bertz CT molecular complexity index is 742. The molecule has 0 saturated carbocycles. The number of nitrogens with zero attached hydrogens (tertiary/aromatic N) is 3. The molecule has 1 fully saturated rings. The number of carbonyl (C=O) groups excluding carboxylic acids is 1. The molecule has 0 spiro atoms. The van der Waals surface area contributed by atoms with Crippen LogP contribution in [0.5, 0.6) is 0 Å². The monoisotopic (exact) mass is 351 g/mol. The van der Waals surface area contributed by atoms with Crippen molar-refractivity contribution in [1.29, 1.82) is 0 Å². The molecule has 0 unspecified atom stereocenters. The number of hydrogen-bond donors (Lipinski definition) is 0. The van der Waals surface area contributed by atoms with Crippen LogP contribution in [0, 0.1) is 0 Å². The van der Waals surface area contributed by atoms with Crippen LogP contribution in [0.2, 0.25) is 0 Å². The zero-order valence-corrected chi connectivity index (χ0v) is 15.2. The van der Waals surface area contributed by atoms with Crippen molar-refractivity contribution >= 4 is 17.3 Å². The van der Waals surface area contributed by atoms with Gasteiger partial charge in [0.15, 0.2) is 0 Å². The van der Waals surface area contributed by atoms with Crippen molar-refractivity contribution in [2.24, 2.45) is 0 Å². The summed E-state index contributed by atoms with van der Waals surface area (Å²) in [6.45, 7) is 5.38. The molecule has 5 nitrogen and oxygen atoms in total. The molecule has 2 aliphatic rings. The van der Waals surface area contributed by atoms with Gasteiger partial charge in [0.2, 0.25) is 5.91 Å². The maximum absolute atomic E-state index is 11.9. The highest BCUT2D eigenvalue weighted by atomic mass is 16.5. The Morgan fingerprint density at radius 2 is 1.38 bits per heavy atom. The zero-order chi connectivity index (χ0) is 17.9. The SMILES string of the molecule is COCC(=O)N1CCN(c2ccc(N3Cc4ccccc4C3)cc2)CC1. The number of benzene rings is 2. The Morgan fingerprint density at radius 3 is 1.92 bits per heavy atom. The van der Waals surface area contributed by atoms with Crippen molar-refractivity contribution in [3.63, 3.8) is 0 Å². The van der Waals surface area contributed by atoms with E-state index in [-0.39, 0.29) is 12.5 Å². The van der Waals surface area contributed by atoms with Crippen molar-refractivity contribution in [1.82, 2.24) is 4.90 Å². The van der Waals surface area contributed by atoms with Gasteiger partial charge < -0.3 is 19.4 Å². The zero-order valence-electron chi connectivity index (χ0n) is 15.2. The molecule has 2 aromatic rings. The van der Waals surface area contributed by atoms with Crippen LogP contribution >= 0.6 is 0 Å². The molecule has 1 amide bonds. The Hall–Kier alpha value is -2.53. The van der Waals surface area contributed by atoms with Gasteiger partial charge in [-0.05, 0) is 35.4 Å². The van der Waals surface area contributed by atoms with Crippen molar-refractivity contribution in [2.75, 3.05) is 49.7 Å². The van der Waals surface area contributed by atoms with Gasteiger partial charge in [-0.3, -0.25) is 4.79 Å². The van der Waals surface area contributed by atoms with Crippen LogP contribution in [0.25, 0.3) is 0 Å². The smallest absolute Gasteiger partial charge is 0.248 e. The van der Waals surface area contributed by atoms with Crippen LogP contribution in [0.4, 0.5) is 11.4 Å². The molecule has 0 aromatic heterocycles. The Kier molecular flexibility index (Phi) is 4.80. The Balaban J connectivity index is 1.36. The van der Waals surface area contributed by atoms with E-state index >= 15 is 0 Å². The minimum atomic E-state index is 0.0797. The standard InChI is InChI=1S/C21H25N3O2/c1-26-16-21(25)23-12-10-22(11-13-23)19-6-8-20(9-7-19)24-14-17-4-2-3-5-18(17)15-24/h2-9H,10-16H2,1H3. The number of hydrogen-bond acceptors (Lipinski definition) is 4.